The summed E-state index contributed by atoms with van der Waals surface area (Å²) in [5, 5.41) is 19.3. The van der Waals surface area contributed by atoms with E-state index in [2.05, 4.69) is 15.5 Å². The molecule has 0 aliphatic carbocycles. The minimum atomic E-state index is -4.50. The normalized spacial score (nSPS) is 14.3. The third-order valence-electron chi connectivity index (χ3n) is 3.38. The number of aromatic nitrogens is 2. The maximum Gasteiger partial charge on any atom is 0.435 e. The summed E-state index contributed by atoms with van der Waals surface area (Å²) >= 11 is 0. The molecule has 1 heterocycles. The third-order valence-corrected chi connectivity index (χ3v) is 3.38. The highest BCUT2D eigenvalue weighted by atomic mass is 19.4. The van der Waals surface area contributed by atoms with Crippen molar-refractivity contribution in [3.8, 4) is 0 Å². The molecule has 1 aromatic heterocycles. The molecule has 0 fully saturated rings. The molecule has 124 valence electrons. The molecule has 2 atom stereocenters. The minimum absolute atomic E-state index is 0.0142. The van der Waals surface area contributed by atoms with Gasteiger partial charge in [0, 0.05) is 12.5 Å². The average molecular weight is 325 g/mol. The van der Waals surface area contributed by atoms with Crippen LogP contribution in [0.2, 0.25) is 0 Å². The van der Waals surface area contributed by atoms with Crippen molar-refractivity contribution in [2.24, 2.45) is 0 Å². The number of nitrogens with zero attached hydrogens (tertiary/aromatic N) is 2. The first kappa shape index (κ1) is 17.2. The Balaban J connectivity index is 2.03. The zero-order valence-electron chi connectivity index (χ0n) is 12.6. The molecule has 2 unspecified atom stereocenters. The van der Waals surface area contributed by atoms with Gasteiger partial charge in [-0.05, 0) is 31.0 Å². The van der Waals surface area contributed by atoms with E-state index in [4.69, 9.17) is 0 Å². The Morgan fingerprint density at radius 3 is 2.30 bits per heavy atom. The van der Waals surface area contributed by atoms with Crippen molar-refractivity contribution in [1.29, 1.82) is 0 Å². The second-order valence-corrected chi connectivity index (χ2v) is 5.37. The van der Waals surface area contributed by atoms with Gasteiger partial charge in [-0.25, -0.2) is 0 Å². The number of rotatable bonds is 6. The molecule has 0 aliphatic rings. The number of anilines is 1. The summed E-state index contributed by atoms with van der Waals surface area (Å²) in [5.74, 6) is 0.282. The molecule has 0 aliphatic heterocycles. The van der Waals surface area contributed by atoms with E-state index >= 15 is 0 Å². The molecule has 0 amide bonds. The Kier molecular flexibility index (Phi) is 5.54. The number of nitrogens with one attached hydrogen (secondary N) is 1. The molecule has 0 spiro atoms. The zero-order valence-corrected chi connectivity index (χ0v) is 12.6. The largest absolute Gasteiger partial charge is 0.435 e. The lowest BCUT2D eigenvalue weighted by molar-refractivity contribution is -0.141. The van der Waals surface area contributed by atoms with Gasteiger partial charge in [0.2, 0.25) is 0 Å². The fraction of sp³-hybridized carbons (Fsp3) is 0.375. The molecule has 23 heavy (non-hydrogen) atoms. The number of benzene rings is 1. The van der Waals surface area contributed by atoms with Crippen molar-refractivity contribution >= 4 is 5.82 Å². The maximum absolute atomic E-state index is 12.4. The van der Waals surface area contributed by atoms with Crippen LogP contribution in [-0.2, 0) is 6.18 Å². The number of hydrogen-bond acceptors (Lipinski definition) is 4. The second kappa shape index (κ2) is 7.41. The molecule has 0 bridgehead atoms. The number of aliphatic hydroxyl groups excluding tert-OH is 1. The Bertz CT molecular complexity index is 600. The van der Waals surface area contributed by atoms with E-state index in [1.165, 1.54) is 6.07 Å². The predicted molar refractivity (Wildman–Crippen MR) is 81.0 cm³/mol. The molecule has 1 aromatic carbocycles. The summed E-state index contributed by atoms with van der Waals surface area (Å²) < 4.78 is 37.3. The van der Waals surface area contributed by atoms with Gasteiger partial charge in [-0.15, -0.1) is 10.2 Å². The van der Waals surface area contributed by atoms with Gasteiger partial charge in [0.25, 0.3) is 0 Å². The van der Waals surface area contributed by atoms with Gasteiger partial charge in [-0.1, -0.05) is 30.3 Å². The molecule has 2 rings (SSSR count). The fourth-order valence-electron chi connectivity index (χ4n) is 2.28. The van der Waals surface area contributed by atoms with Gasteiger partial charge in [0.15, 0.2) is 5.69 Å². The summed E-state index contributed by atoms with van der Waals surface area (Å²) in [4.78, 5) is 0. The lowest BCUT2D eigenvalue weighted by Crippen LogP contribution is -2.18. The van der Waals surface area contributed by atoms with E-state index in [1.807, 2.05) is 30.3 Å². The van der Waals surface area contributed by atoms with E-state index in [1.54, 1.807) is 6.92 Å². The molecule has 0 saturated heterocycles. The monoisotopic (exact) mass is 325 g/mol. The highest BCUT2D eigenvalue weighted by Gasteiger charge is 2.32. The van der Waals surface area contributed by atoms with Gasteiger partial charge < -0.3 is 10.4 Å². The first-order chi connectivity index (χ1) is 10.9. The van der Waals surface area contributed by atoms with Crippen LogP contribution in [0, 0.1) is 0 Å². The van der Waals surface area contributed by atoms with E-state index in [9.17, 15) is 18.3 Å². The number of alkyl halides is 3. The summed E-state index contributed by atoms with van der Waals surface area (Å²) in [6.45, 7) is 2.14. The molecule has 0 saturated carbocycles. The van der Waals surface area contributed by atoms with E-state index < -0.39 is 18.0 Å². The number of hydrogen-bond donors (Lipinski definition) is 2. The van der Waals surface area contributed by atoms with Crippen molar-refractivity contribution < 1.29 is 18.3 Å². The predicted octanol–water partition coefficient (Wildman–Crippen LogP) is 3.46. The van der Waals surface area contributed by atoms with Crippen molar-refractivity contribution in [2.45, 2.75) is 31.5 Å². The van der Waals surface area contributed by atoms with Crippen molar-refractivity contribution in [2.75, 3.05) is 11.9 Å². The molecule has 4 nitrogen and oxygen atoms in total. The topological polar surface area (TPSA) is 58.0 Å². The summed E-state index contributed by atoms with van der Waals surface area (Å²) in [6.07, 6.45) is -4.45. The molecule has 7 heteroatoms. The zero-order chi connectivity index (χ0) is 16.9. The number of aliphatic hydroxyl groups is 1. The summed E-state index contributed by atoms with van der Waals surface area (Å²) in [7, 11) is 0. The Hall–Kier alpha value is -2.15. The van der Waals surface area contributed by atoms with Crippen LogP contribution in [0.25, 0.3) is 0 Å². The van der Waals surface area contributed by atoms with Crippen LogP contribution in [0.4, 0.5) is 19.0 Å². The lowest BCUT2D eigenvalue weighted by Gasteiger charge is -2.20. The highest BCUT2D eigenvalue weighted by Crippen LogP contribution is 2.27. The van der Waals surface area contributed by atoms with Crippen LogP contribution in [0.3, 0.4) is 0 Å². The fourth-order valence-corrected chi connectivity index (χ4v) is 2.28. The quantitative estimate of drug-likeness (QED) is 0.854. The van der Waals surface area contributed by atoms with Gasteiger partial charge in [0.05, 0.1) is 6.10 Å². The van der Waals surface area contributed by atoms with Crippen molar-refractivity contribution in [3.63, 3.8) is 0 Å². The average Bonchev–Trinajstić information content (AvgIpc) is 2.51. The molecular formula is C16H18F3N3O. The minimum Gasteiger partial charge on any atom is -0.393 e. The lowest BCUT2D eigenvalue weighted by atomic mass is 9.93. The van der Waals surface area contributed by atoms with E-state index in [0.29, 0.717) is 13.0 Å². The Morgan fingerprint density at radius 1 is 1.09 bits per heavy atom. The van der Waals surface area contributed by atoms with Crippen LogP contribution in [0.1, 0.15) is 30.5 Å². The molecule has 0 radical (unpaired) electrons. The van der Waals surface area contributed by atoms with Gasteiger partial charge in [-0.3, -0.25) is 0 Å². The van der Waals surface area contributed by atoms with Crippen molar-refractivity contribution in [1.82, 2.24) is 10.2 Å². The third kappa shape index (κ3) is 5.21. The van der Waals surface area contributed by atoms with Gasteiger partial charge in [0.1, 0.15) is 5.82 Å². The van der Waals surface area contributed by atoms with Crippen LogP contribution >= 0.6 is 0 Å². The first-order valence-corrected chi connectivity index (χ1v) is 7.24. The first-order valence-electron chi connectivity index (χ1n) is 7.24. The summed E-state index contributed by atoms with van der Waals surface area (Å²) in [6, 6.07) is 11.8. The Labute approximate surface area is 132 Å². The summed E-state index contributed by atoms with van der Waals surface area (Å²) in [5.41, 5.74) is 0.0208. The van der Waals surface area contributed by atoms with E-state index in [-0.39, 0.29) is 11.7 Å². The molecular weight excluding hydrogens is 307 g/mol. The smallest absolute Gasteiger partial charge is 0.393 e. The Morgan fingerprint density at radius 2 is 1.78 bits per heavy atom. The van der Waals surface area contributed by atoms with E-state index in [0.717, 1.165) is 11.6 Å². The standard InChI is InChI=1S/C16H18F3N3O/c1-11(23)9-13(12-5-3-2-4-6-12)10-20-15-8-7-14(21-22-15)16(17,18)19/h2-8,11,13,23H,9-10H2,1H3,(H,20,22). The van der Waals surface area contributed by atoms with Gasteiger partial charge >= 0.3 is 6.18 Å². The SMILES string of the molecule is CC(O)CC(CNc1ccc(C(F)(F)F)nn1)c1ccccc1. The van der Waals surface area contributed by atoms with Crippen LogP contribution in [0.5, 0.6) is 0 Å². The van der Waals surface area contributed by atoms with Crippen LogP contribution in [0.15, 0.2) is 42.5 Å². The van der Waals surface area contributed by atoms with Crippen LogP contribution in [-0.4, -0.2) is 28.0 Å². The maximum atomic E-state index is 12.4. The molecule has 2 aromatic rings. The second-order valence-electron chi connectivity index (χ2n) is 5.37. The number of halogens is 3. The highest BCUT2D eigenvalue weighted by molar-refractivity contribution is 5.34. The van der Waals surface area contributed by atoms with Crippen molar-refractivity contribution in [3.05, 3.63) is 53.7 Å². The van der Waals surface area contributed by atoms with Gasteiger partial charge in [-0.2, -0.15) is 13.2 Å². The van der Waals surface area contributed by atoms with Crippen LogP contribution < -0.4 is 5.32 Å². The molecule has 2 N–H and O–H groups in total.